The van der Waals surface area contributed by atoms with E-state index in [0.29, 0.717) is 52.1 Å². The number of anilines is 3. The molecule has 0 aliphatic carbocycles. The van der Waals surface area contributed by atoms with Crippen LogP contribution in [-0.4, -0.2) is 21.4 Å². The van der Waals surface area contributed by atoms with Crippen LogP contribution in [0.25, 0.3) is 11.3 Å². The molecule has 1 unspecified atom stereocenters. The minimum Gasteiger partial charge on any atom is -0.396 e. The largest absolute Gasteiger partial charge is 0.396 e. The summed E-state index contributed by atoms with van der Waals surface area (Å²) in [6, 6.07) is 25.9. The zero-order valence-electron chi connectivity index (χ0n) is 19.7. The Labute approximate surface area is 212 Å². The maximum absolute atomic E-state index is 13.2. The molecule has 0 aliphatic heterocycles. The molecule has 1 amide bonds. The van der Waals surface area contributed by atoms with Crippen molar-refractivity contribution < 1.29 is 13.7 Å². The fourth-order valence-electron chi connectivity index (χ4n) is 3.61. The van der Waals surface area contributed by atoms with E-state index in [1.807, 2.05) is 54.6 Å². The number of carbonyl (C=O) groups is 1. The van der Waals surface area contributed by atoms with Gasteiger partial charge in [-0.15, -0.1) is 0 Å². The zero-order chi connectivity index (χ0) is 25.5. The summed E-state index contributed by atoms with van der Waals surface area (Å²) in [6.07, 6.45) is 1.54. The molecule has 184 valence electrons. The molecule has 1 aromatic heterocycles. The molecule has 6 N–H and O–H groups in total. The SMILES string of the molecule is CS(=O)c1ccc(-c2ccc(N)c(NN)n2)cc1C(=O)Nc1ccc(COCc2ccccc2)cc1. The molecule has 0 fully saturated rings. The second-order valence-electron chi connectivity index (χ2n) is 8.07. The highest BCUT2D eigenvalue weighted by Crippen LogP contribution is 2.27. The predicted octanol–water partition coefficient (Wildman–Crippen LogP) is 4.32. The Bertz CT molecular complexity index is 1380. The van der Waals surface area contributed by atoms with E-state index in [-0.39, 0.29) is 5.91 Å². The Morgan fingerprint density at radius 2 is 1.64 bits per heavy atom. The number of rotatable bonds is 9. The predicted molar refractivity (Wildman–Crippen MR) is 144 cm³/mol. The molecule has 4 aromatic rings. The number of benzene rings is 3. The summed E-state index contributed by atoms with van der Waals surface area (Å²) < 4.78 is 18.1. The van der Waals surface area contributed by atoms with Gasteiger partial charge in [-0.05, 0) is 47.5 Å². The number of nitrogen functional groups attached to an aromatic ring is 2. The van der Waals surface area contributed by atoms with Crippen LogP contribution >= 0.6 is 0 Å². The number of nitrogens with two attached hydrogens (primary N) is 2. The van der Waals surface area contributed by atoms with E-state index < -0.39 is 10.8 Å². The maximum atomic E-state index is 13.2. The highest BCUT2D eigenvalue weighted by atomic mass is 32.2. The van der Waals surface area contributed by atoms with Crippen molar-refractivity contribution in [3.05, 3.63) is 102 Å². The minimum absolute atomic E-state index is 0.296. The van der Waals surface area contributed by atoms with Gasteiger partial charge in [-0.25, -0.2) is 10.8 Å². The molecular weight excluding hydrogens is 474 g/mol. The Kier molecular flexibility index (Phi) is 8.06. The van der Waals surface area contributed by atoms with Crippen LogP contribution in [0.1, 0.15) is 21.5 Å². The zero-order valence-corrected chi connectivity index (χ0v) is 20.5. The van der Waals surface area contributed by atoms with Crippen LogP contribution in [-0.2, 0) is 28.8 Å². The average molecular weight is 502 g/mol. The normalized spacial score (nSPS) is 11.6. The number of nitrogens with zero attached hydrogens (tertiary/aromatic N) is 1. The summed E-state index contributed by atoms with van der Waals surface area (Å²) in [7, 11) is -1.37. The summed E-state index contributed by atoms with van der Waals surface area (Å²) >= 11 is 0. The maximum Gasteiger partial charge on any atom is 0.256 e. The first-order valence-electron chi connectivity index (χ1n) is 11.2. The van der Waals surface area contributed by atoms with Crippen molar-refractivity contribution in [2.24, 2.45) is 5.84 Å². The van der Waals surface area contributed by atoms with Gasteiger partial charge in [0.2, 0.25) is 0 Å². The van der Waals surface area contributed by atoms with E-state index in [2.05, 4.69) is 15.7 Å². The fraction of sp³-hybridized carbons (Fsp3) is 0.111. The van der Waals surface area contributed by atoms with Gasteiger partial charge in [0, 0.05) is 17.5 Å². The van der Waals surface area contributed by atoms with E-state index in [9.17, 15) is 9.00 Å². The van der Waals surface area contributed by atoms with Crippen molar-refractivity contribution in [3.8, 4) is 11.3 Å². The van der Waals surface area contributed by atoms with Gasteiger partial charge >= 0.3 is 0 Å². The van der Waals surface area contributed by atoms with Crippen molar-refractivity contribution in [1.29, 1.82) is 0 Å². The molecule has 0 saturated heterocycles. The van der Waals surface area contributed by atoms with Gasteiger partial charge in [0.05, 0.1) is 45.9 Å². The summed E-state index contributed by atoms with van der Waals surface area (Å²) in [6.45, 7) is 0.983. The Morgan fingerprint density at radius 3 is 2.31 bits per heavy atom. The number of amides is 1. The second-order valence-corrected chi connectivity index (χ2v) is 9.42. The first-order chi connectivity index (χ1) is 17.4. The number of carbonyl (C=O) groups excluding carboxylic acids is 1. The number of nitrogens with one attached hydrogen (secondary N) is 2. The lowest BCUT2D eigenvalue weighted by Gasteiger charge is -2.12. The van der Waals surface area contributed by atoms with E-state index in [0.717, 1.165) is 11.1 Å². The molecule has 0 saturated carbocycles. The molecule has 0 aliphatic rings. The highest BCUT2D eigenvalue weighted by molar-refractivity contribution is 7.84. The summed E-state index contributed by atoms with van der Waals surface area (Å²) in [4.78, 5) is 18.0. The third-order valence-corrected chi connectivity index (χ3v) is 6.46. The third-order valence-electron chi connectivity index (χ3n) is 5.48. The number of hydrogen-bond acceptors (Lipinski definition) is 7. The minimum atomic E-state index is -1.37. The molecule has 8 nitrogen and oxygen atoms in total. The van der Waals surface area contributed by atoms with Gasteiger partial charge in [0.1, 0.15) is 0 Å². The number of hydrazine groups is 1. The molecule has 1 atom stereocenters. The molecular formula is C27H27N5O3S. The van der Waals surface area contributed by atoms with E-state index in [1.54, 1.807) is 30.3 Å². The van der Waals surface area contributed by atoms with Gasteiger partial charge < -0.3 is 21.2 Å². The van der Waals surface area contributed by atoms with Crippen molar-refractivity contribution in [2.75, 3.05) is 22.7 Å². The number of ether oxygens (including phenoxy) is 1. The van der Waals surface area contributed by atoms with E-state index >= 15 is 0 Å². The van der Waals surface area contributed by atoms with Gasteiger partial charge in [0.15, 0.2) is 5.82 Å². The first kappa shape index (κ1) is 25.1. The quantitative estimate of drug-likeness (QED) is 0.198. The van der Waals surface area contributed by atoms with Gasteiger partial charge in [0.25, 0.3) is 5.91 Å². The van der Waals surface area contributed by atoms with Crippen LogP contribution < -0.4 is 22.3 Å². The third kappa shape index (κ3) is 6.14. The Hall–Kier alpha value is -4.05. The monoisotopic (exact) mass is 501 g/mol. The van der Waals surface area contributed by atoms with E-state index in [1.165, 1.54) is 6.26 Å². The van der Waals surface area contributed by atoms with Gasteiger partial charge in [-0.1, -0.05) is 48.5 Å². The van der Waals surface area contributed by atoms with Crippen molar-refractivity contribution >= 4 is 33.9 Å². The number of aromatic nitrogens is 1. The lowest BCUT2D eigenvalue weighted by atomic mass is 10.1. The summed E-state index contributed by atoms with van der Waals surface area (Å²) in [5, 5.41) is 2.89. The second kappa shape index (κ2) is 11.6. The molecule has 9 heteroatoms. The molecule has 4 rings (SSSR count). The fourth-order valence-corrected chi connectivity index (χ4v) is 4.33. The van der Waals surface area contributed by atoms with Gasteiger partial charge in [-0.2, -0.15) is 0 Å². The Morgan fingerprint density at radius 1 is 0.944 bits per heavy atom. The summed E-state index contributed by atoms with van der Waals surface area (Å²) in [5.41, 5.74) is 13.0. The molecule has 0 bridgehead atoms. The topological polar surface area (TPSA) is 132 Å². The molecule has 3 aromatic carbocycles. The van der Waals surface area contributed by atoms with Crippen LogP contribution in [0.3, 0.4) is 0 Å². The smallest absolute Gasteiger partial charge is 0.256 e. The lowest BCUT2D eigenvalue weighted by molar-refractivity contribution is 0.102. The van der Waals surface area contributed by atoms with Crippen LogP contribution in [0.2, 0.25) is 0 Å². The molecule has 0 spiro atoms. The van der Waals surface area contributed by atoms with E-state index in [4.69, 9.17) is 16.3 Å². The number of hydrogen-bond donors (Lipinski definition) is 4. The summed E-state index contributed by atoms with van der Waals surface area (Å²) in [5.74, 6) is 5.44. The van der Waals surface area contributed by atoms with Crippen LogP contribution in [0.4, 0.5) is 17.2 Å². The highest BCUT2D eigenvalue weighted by Gasteiger charge is 2.17. The van der Waals surface area contributed by atoms with Crippen molar-refractivity contribution in [2.45, 2.75) is 18.1 Å². The van der Waals surface area contributed by atoms with Crippen molar-refractivity contribution in [3.63, 3.8) is 0 Å². The lowest BCUT2D eigenvalue weighted by Crippen LogP contribution is -2.15. The molecule has 36 heavy (non-hydrogen) atoms. The average Bonchev–Trinajstić information content (AvgIpc) is 2.90. The van der Waals surface area contributed by atoms with Crippen LogP contribution in [0.15, 0.2) is 89.8 Å². The van der Waals surface area contributed by atoms with Gasteiger partial charge in [-0.3, -0.25) is 9.00 Å². The van der Waals surface area contributed by atoms with Crippen molar-refractivity contribution in [1.82, 2.24) is 4.98 Å². The standard InChI is InChI=1S/C27H27N5O3S/c1-36(34)25-14-9-20(24-13-12-23(28)26(31-24)32-29)15-22(25)27(33)30-21-10-7-19(8-11-21)17-35-16-18-5-3-2-4-6-18/h2-15H,16-17,28-29H2,1H3,(H,30,33)(H,31,32). The molecule has 1 heterocycles. The van der Waals surface area contributed by atoms with Crippen LogP contribution in [0.5, 0.6) is 0 Å². The molecule has 0 radical (unpaired) electrons. The Balaban J connectivity index is 1.48. The number of pyridine rings is 1. The first-order valence-corrected chi connectivity index (χ1v) is 12.7. The van der Waals surface area contributed by atoms with Crippen LogP contribution in [0, 0.1) is 0 Å².